The van der Waals surface area contributed by atoms with Crippen molar-refractivity contribution in [1.29, 1.82) is 0 Å². The molecule has 2 aromatic carbocycles. The summed E-state index contributed by atoms with van der Waals surface area (Å²) in [6, 6.07) is 9.72. The smallest absolute Gasteiger partial charge is 0.263 e. The molecular weight excluding hydrogens is 448 g/mol. The third kappa shape index (κ3) is 6.30. The summed E-state index contributed by atoms with van der Waals surface area (Å²) in [5.74, 6) is -3.43. The van der Waals surface area contributed by atoms with Gasteiger partial charge in [0, 0.05) is 18.3 Å². The number of rotatable bonds is 7. The Morgan fingerprint density at radius 2 is 1.55 bits per heavy atom. The second-order valence-electron chi connectivity index (χ2n) is 6.02. The van der Waals surface area contributed by atoms with Crippen LogP contribution in [0.2, 0.25) is 0 Å². The highest BCUT2D eigenvalue weighted by Gasteiger charge is 2.19. The zero-order valence-corrected chi connectivity index (χ0v) is 17.6. The average molecular weight is 463 g/mol. The van der Waals surface area contributed by atoms with Gasteiger partial charge in [-0.3, -0.25) is 19.7 Å². The van der Waals surface area contributed by atoms with Gasteiger partial charge in [0.05, 0.1) is 5.75 Å². The van der Waals surface area contributed by atoms with Crippen LogP contribution in [0, 0.1) is 11.6 Å². The highest BCUT2D eigenvalue weighted by molar-refractivity contribution is 8.01. The predicted octanol–water partition coefficient (Wildman–Crippen LogP) is 3.76. The van der Waals surface area contributed by atoms with E-state index in [4.69, 9.17) is 0 Å². The van der Waals surface area contributed by atoms with E-state index in [1.807, 2.05) is 0 Å². The van der Waals surface area contributed by atoms with E-state index >= 15 is 0 Å². The molecule has 31 heavy (non-hydrogen) atoms. The van der Waals surface area contributed by atoms with Crippen molar-refractivity contribution in [3.8, 4) is 0 Å². The second kappa shape index (κ2) is 10.1. The molecule has 0 fully saturated rings. The summed E-state index contributed by atoms with van der Waals surface area (Å²) >= 11 is 2.05. The van der Waals surface area contributed by atoms with Gasteiger partial charge in [0.15, 0.2) is 4.34 Å². The molecule has 3 rings (SSSR count). The van der Waals surface area contributed by atoms with Crippen LogP contribution in [0.3, 0.4) is 0 Å². The highest BCUT2D eigenvalue weighted by Crippen LogP contribution is 2.26. The predicted molar refractivity (Wildman–Crippen MR) is 114 cm³/mol. The Morgan fingerprint density at radius 3 is 2.16 bits per heavy atom. The normalized spacial score (nSPS) is 10.4. The van der Waals surface area contributed by atoms with Crippen LogP contribution in [0.5, 0.6) is 0 Å². The molecule has 8 nitrogen and oxygen atoms in total. The molecule has 3 N–H and O–H groups in total. The van der Waals surface area contributed by atoms with Crippen molar-refractivity contribution in [2.24, 2.45) is 0 Å². The van der Waals surface area contributed by atoms with Gasteiger partial charge in [-0.1, -0.05) is 29.2 Å². The van der Waals surface area contributed by atoms with Crippen molar-refractivity contribution in [2.45, 2.75) is 11.3 Å². The molecule has 0 aliphatic carbocycles. The molecule has 0 radical (unpaired) electrons. The minimum atomic E-state index is -0.988. The summed E-state index contributed by atoms with van der Waals surface area (Å²) in [5, 5.41) is 15.2. The van der Waals surface area contributed by atoms with Gasteiger partial charge in [0.1, 0.15) is 17.2 Å². The molecule has 1 aromatic heterocycles. The van der Waals surface area contributed by atoms with E-state index in [-0.39, 0.29) is 22.7 Å². The number of aromatic nitrogens is 2. The first-order valence-electron chi connectivity index (χ1n) is 8.71. The van der Waals surface area contributed by atoms with Crippen LogP contribution in [0.25, 0.3) is 0 Å². The third-order valence-electron chi connectivity index (χ3n) is 3.63. The Labute approximate surface area is 183 Å². The van der Waals surface area contributed by atoms with Crippen LogP contribution in [-0.2, 0) is 9.59 Å². The number of hydrogen-bond acceptors (Lipinski definition) is 7. The summed E-state index contributed by atoms with van der Waals surface area (Å²) in [6.45, 7) is 1.40. The number of amides is 3. The van der Waals surface area contributed by atoms with Crippen molar-refractivity contribution in [3.63, 3.8) is 0 Å². The SMILES string of the molecule is CC(=O)Nc1ccc(NC(=O)CSc2nnc(NC(=O)c3c(F)cccc3F)s2)cc1. The van der Waals surface area contributed by atoms with E-state index in [1.54, 1.807) is 24.3 Å². The van der Waals surface area contributed by atoms with Crippen molar-refractivity contribution in [1.82, 2.24) is 10.2 Å². The molecule has 3 aromatic rings. The molecule has 0 spiro atoms. The molecule has 0 saturated carbocycles. The van der Waals surface area contributed by atoms with Crippen LogP contribution in [0.4, 0.5) is 25.3 Å². The summed E-state index contributed by atoms with van der Waals surface area (Å²) in [4.78, 5) is 35.2. The molecular formula is C19H15F2N5O3S2. The van der Waals surface area contributed by atoms with Gasteiger partial charge >= 0.3 is 0 Å². The fourth-order valence-electron chi connectivity index (χ4n) is 2.36. The lowest BCUT2D eigenvalue weighted by atomic mass is 10.2. The number of hydrogen-bond donors (Lipinski definition) is 3. The first kappa shape index (κ1) is 22.3. The lowest BCUT2D eigenvalue weighted by Crippen LogP contribution is -2.15. The van der Waals surface area contributed by atoms with Crippen molar-refractivity contribution in [3.05, 3.63) is 59.7 Å². The monoisotopic (exact) mass is 463 g/mol. The second-order valence-corrected chi connectivity index (χ2v) is 8.22. The number of nitrogens with one attached hydrogen (secondary N) is 3. The van der Waals surface area contributed by atoms with Crippen LogP contribution in [0.15, 0.2) is 46.8 Å². The van der Waals surface area contributed by atoms with Crippen molar-refractivity contribution >= 4 is 57.3 Å². The maximum Gasteiger partial charge on any atom is 0.263 e. The largest absolute Gasteiger partial charge is 0.326 e. The third-order valence-corrected chi connectivity index (χ3v) is 5.60. The Balaban J connectivity index is 1.51. The highest BCUT2D eigenvalue weighted by atomic mass is 32.2. The topological polar surface area (TPSA) is 113 Å². The molecule has 12 heteroatoms. The van der Waals surface area contributed by atoms with Gasteiger partial charge in [-0.15, -0.1) is 10.2 Å². The Hall–Kier alpha value is -3.38. The van der Waals surface area contributed by atoms with Gasteiger partial charge in [-0.2, -0.15) is 0 Å². The number of thioether (sulfide) groups is 1. The first-order chi connectivity index (χ1) is 14.8. The van der Waals surface area contributed by atoms with Crippen LogP contribution < -0.4 is 16.0 Å². The Kier molecular flexibility index (Phi) is 7.26. The number of nitrogens with zero attached hydrogens (tertiary/aromatic N) is 2. The standard InChI is InChI=1S/C19H15F2N5O3S2/c1-10(27)22-11-5-7-12(8-6-11)23-15(28)9-30-19-26-25-18(31-19)24-17(29)16-13(20)3-2-4-14(16)21/h2-8H,9H2,1H3,(H,22,27)(H,23,28)(H,24,25,29). The lowest BCUT2D eigenvalue weighted by Gasteiger charge is -2.06. The minimum Gasteiger partial charge on any atom is -0.326 e. The van der Waals surface area contributed by atoms with Gasteiger partial charge in [0.25, 0.3) is 5.91 Å². The lowest BCUT2D eigenvalue weighted by molar-refractivity contribution is -0.114. The Morgan fingerprint density at radius 1 is 0.935 bits per heavy atom. The van der Waals surface area contributed by atoms with E-state index in [0.717, 1.165) is 41.3 Å². The molecule has 0 unspecified atom stereocenters. The quantitative estimate of drug-likeness (QED) is 0.363. The van der Waals surface area contributed by atoms with Gasteiger partial charge in [-0.05, 0) is 36.4 Å². The summed E-state index contributed by atoms with van der Waals surface area (Å²) < 4.78 is 27.7. The molecule has 0 saturated heterocycles. The average Bonchev–Trinajstić information content (AvgIpc) is 3.15. The van der Waals surface area contributed by atoms with Crippen molar-refractivity contribution < 1.29 is 23.2 Å². The number of carbonyl (C=O) groups excluding carboxylic acids is 3. The number of carbonyl (C=O) groups is 3. The first-order valence-corrected chi connectivity index (χ1v) is 10.5. The van der Waals surface area contributed by atoms with Gasteiger partial charge < -0.3 is 10.6 Å². The maximum absolute atomic E-state index is 13.7. The van der Waals surface area contributed by atoms with Gasteiger partial charge in [-0.25, -0.2) is 8.78 Å². The fourth-order valence-corrected chi connectivity index (χ4v) is 3.90. The molecule has 160 valence electrons. The van der Waals surface area contributed by atoms with E-state index in [9.17, 15) is 23.2 Å². The Bertz CT molecular complexity index is 1100. The zero-order chi connectivity index (χ0) is 22.4. The van der Waals surface area contributed by atoms with E-state index in [2.05, 4.69) is 26.1 Å². The van der Waals surface area contributed by atoms with Crippen LogP contribution in [-0.4, -0.2) is 33.7 Å². The zero-order valence-electron chi connectivity index (χ0n) is 15.9. The maximum atomic E-state index is 13.7. The summed E-state index contributed by atoms with van der Waals surface area (Å²) in [6.07, 6.45) is 0. The van der Waals surface area contributed by atoms with Gasteiger partial charge in [0.2, 0.25) is 16.9 Å². The molecule has 0 aliphatic heterocycles. The fraction of sp³-hybridized carbons (Fsp3) is 0.105. The molecule has 0 atom stereocenters. The summed E-state index contributed by atoms with van der Waals surface area (Å²) in [7, 11) is 0. The van der Waals surface area contributed by atoms with E-state index < -0.39 is 23.1 Å². The summed E-state index contributed by atoms with van der Waals surface area (Å²) in [5.41, 5.74) is 0.450. The minimum absolute atomic E-state index is 0.0258. The number of halogens is 2. The van der Waals surface area contributed by atoms with E-state index in [1.165, 1.54) is 6.92 Å². The molecule has 3 amide bonds. The number of anilines is 3. The van der Waals surface area contributed by atoms with E-state index in [0.29, 0.717) is 15.7 Å². The number of benzene rings is 2. The van der Waals surface area contributed by atoms with Crippen molar-refractivity contribution in [2.75, 3.05) is 21.7 Å². The molecule has 0 bridgehead atoms. The van der Waals surface area contributed by atoms with Crippen LogP contribution >= 0.6 is 23.1 Å². The van der Waals surface area contributed by atoms with Crippen LogP contribution in [0.1, 0.15) is 17.3 Å². The molecule has 1 heterocycles. The molecule has 0 aliphatic rings.